The van der Waals surface area contributed by atoms with Crippen LogP contribution >= 0.6 is 0 Å². The average Bonchev–Trinajstić information content (AvgIpc) is 2.87. The third-order valence-electron chi connectivity index (χ3n) is 6.05. The lowest BCUT2D eigenvalue weighted by Gasteiger charge is -2.35. The fraction of sp³-hybridized carbons (Fsp3) is 0.448. The Kier molecular flexibility index (Phi) is 11.8. The number of Topliss-reactive ketones (excluding diaryl/α,β-unsaturated/α-hetero) is 1. The summed E-state index contributed by atoms with van der Waals surface area (Å²) in [4.78, 5) is 51.2. The Hall–Kier alpha value is -3.80. The Bertz CT molecular complexity index is 1140. The molecule has 7 N–H and O–H groups in total. The van der Waals surface area contributed by atoms with Crippen LogP contribution in [-0.2, 0) is 14.3 Å². The smallest absolute Gasteiger partial charge is 0.422 e. The standard InChI is InChI=1S/C29H41N5O6/c1-18(2)34(33-28(39)40-29(3,4)5)17-22(35)24(25(31)19-12-8-6-9-13-19)26(37)21(16-23(30)36)32-27(38)20-14-10-7-11-15-20/h6-15,18,21-22,24-25,35H,16-17,31H2,1-5H3,(H2,30,36)(H,32,38)(H,33,39)/t21-,22-,24+,25?/m0/s1. The molecule has 40 heavy (non-hydrogen) atoms. The summed E-state index contributed by atoms with van der Waals surface area (Å²) in [7, 11) is 0. The Labute approximate surface area is 235 Å². The number of benzene rings is 2. The first-order valence-electron chi connectivity index (χ1n) is 13.1. The Morgan fingerprint density at radius 3 is 2.02 bits per heavy atom. The molecule has 218 valence electrons. The molecule has 0 aromatic heterocycles. The predicted octanol–water partition coefficient (Wildman–Crippen LogP) is 2.06. The maximum atomic E-state index is 14.0. The second-order valence-electron chi connectivity index (χ2n) is 10.9. The third kappa shape index (κ3) is 10.1. The van der Waals surface area contributed by atoms with Gasteiger partial charge in [0.25, 0.3) is 5.91 Å². The van der Waals surface area contributed by atoms with E-state index < -0.39 is 59.8 Å². The topological polar surface area (TPSA) is 177 Å². The van der Waals surface area contributed by atoms with Crippen LogP contribution in [0.1, 0.15) is 63.0 Å². The molecule has 0 fully saturated rings. The molecule has 3 amide bonds. The molecule has 0 aliphatic carbocycles. The monoisotopic (exact) mass is 555 g/mol. The van der Waals surface area contributed by atoms with Crippen LogP contribution in [0.4, 0.5) is 4.79 Å². The molecule has 0 bridgehead atoms. The number of nitrogens with zero attached hydrogens (tertiary/aromatic N) is 1. The Balaban J connectivity index is 2.40. The van der Waals surface area contributed by atoms with Crippen molar-refractivity contribution < 1.29 is 29.0 Å². The zero-order valence-electron chi connectivity index (χ0n) is 23.7. The van der Waals surface area contributed by atoms with Gasteiger partial charge in [0.15, 0.2) is 5.78 Å². The van der Waals surface area contributed by atoms with Crippen molar-refractivity contribution in [1.82, 2.24) is 15.8 Å². The largest absolute Gasteiger partial charge is 0.443 e. The van der Waals surface area contributed by atoms with E-state index in [-0.39, 0.29) is 18.2 Å². The summed E-state index contributed by atoms with van der Waals surface area (Å²) in [5, 5.41) is 15.5. The first-order valence-corrected chi connectivity index (χ1v) is 13.1. The van der Waals surface area contributed by atoms with Crippen molar-refractivity contribution in [2.45, 2.75) is 70.9 Å². The molecule has 2 rings (SSSR count). The maximum Gasteiger partial charge on any atom is 0.422 e. The van der Waals surface area contributed by atoms with Gasteiger partial charge in [0.05, 0.1) is 24.5 Å². The molecule has 0 radical (unpaired) electrons. The SMILES string of the molecule is CC(C)N(C[C@H](O)[C@@H](C(=O)[C@H](CC(N)=O)NC(=O)c1ccccc1)C(N)c1ccccc1)NC(=O)OC(C)(C)C. The number of hydrogen-bond acceptors (Lipinski definition) is 8. The molecule has 0 saturated heterocycles. The van der Waals surface area contributed by atoms with Gasteiger partial charge in [-0.15, -0.1) is 0 Å². The van der Waals surface area contributed by atoms with Crippen LogP contribution in [0.3, 0.4) is 0 Å². The highest BCUT2D eigenvalue weighted by Gasteiger charge is 2.40. The highest BCUT2D eigenvalue weighted by atomic mass is 16.6. The molecule has 0 spiro atoms. The van der Waals surface area contributed by atoms with E-state index in [9.17, 15) is 24.3 Å². The Morgan fingerprint density at radius 1 is 0.975 bits per heavy atom. The molecule has 0 saturated carbocycles. The van der Waals surface area contributed by atoms with Gasteiger partial charge in [0.2, 0.25) is 5.91 Å². The van der Waals surface area contributed by atoms with Gasteiger partial charge >= 0.3 is 6.09 Å². The van der Waals surface area contributed by atoms with E-state index in [0.717, 1.165) is 0 Å². The zero-order chi connectivity index (χ0) is 30.0. The van der Waals surface area contributed by atoms with Crippen LogP contribution in [-0.4, -0.2) is 64.1 Å². The van der Waals surface area contributed by atoms with Crippen LogP contribution in [0.2, 0.25) is 0 Å². The quantitative estimate of drug-likeness (QED) is 0.233. The van der Waals surface area contributed by atoms with Crippen molar-refractivity contribution in [2.75, 3.05) is 6.54 Å². The summed E-state index contributed by atoms with van der Waals surface area (Å²) < 4.78 is 5.33. The number of amides is 3. The molecular formula is C29H41N5O6. The summed E-state index contributed by atoms with van der Waals surface area (Å²) in [5.74, 6) is -3.36. The maximum absolute atomic E-state index is 14.0. The molecule has 2 aromatic rings. The summed E-state index contributed by atoms with van der Waals surface area (Å²) in [6.45, 7) is 8.53. The first-order chi connectivity index (χ1) is 18.7. The van der Waals surface area contributed by atoms with Crippen LogP contribution in [0, 0.1) is 5.92 Å². The van der Waals surface area contributed by atoms with E-state index in [4.69, 9.17) is 16.2 Å². The van der Waals surface area contributed by atoms with Crippen molar-refractivity contribution in [3.63, 3.8) is 0 Å². The number of aliphatic hydroxyl groups is 1. The average molecular weight is 556 g/mol. The van der Waals surface area contributed by atoms with Gasteiger partial charge in [-0.2, -0.15) is 0 Å². The van der Waals surface area contributed by atoms with Crippen molar-refractivity contribution >= 4 is 23.7 Å². The van der Waals surface area contributed by atoms with Gasteiger partial charge in [-0.25, -0.2) is 9.80 Å². The fourth-order valence-corrected chi connectivity index (χ4v) is 4.09. The number of ether oxygens (including phenoxy) is 1. The number of nitrogens with two attached hydrogens (primary N) is 2. The molecule has 4 atom stereocenters. The first kappa shape index (κ1) is 32.4. The van der Waals surface area contributed by atoms with Crippen molar-refractivity contribution in [2.24, 2.45) is 17.4 Å². The van der Waals surface area contributed by atoms with E-state index in [1.54, 1.807) is 95.3 Å². The molecule has 1 unspecified atom stereocenters. The molecular weight excluding hydrogens is 514 g/mol. The van der Waals surface area contributed by atoms with Gasteiger partial charge in [-0.05, 0) is 52.3 Å². The van der Waals surface area contributed by atoms with E-state index >= 15 is 0 Å². The number of hydrogen-bond donors (Lipinski definition) is 5. The summed E-state index contributed by atoms with van der Waals surface area (Å²) in [5.41, 5.74) is 14.7. The van der Waals surface area contributed by atoms with Crippen molar-refractivity contribution in [1.29, 1.82) is 0 Å². The van der Waals surface area contributed by atoms with Gasteiger partial charge in [-0.3, -0.25) is 19.8 Å². The van der Waals surface area contributed by atoms with Crippen molar-refractivity contribution in [3.05, 3.63) is 71.8 Å². The lowest BCUT2D eigenvalue weighted by Crippen LogP contribution is -2.56. The van der Waals surface area contributed by atoms with E-state index in [2.05, 4.69) is 10.7 Å². The van der Waals surface area contributed by atoms with Gasteiger partial charge in [0.1, 0.15) is 5.60 Å². The molecule has 0 aliphatic heterocycles. The molecule has 0 aliphatic rings. The Morgan fingerprint density at radius 2 is 1.52 bits per heavy atom. The number of primary amides is 1. The lowest BCUT2D eigenvalue weighted by atomic mass is 9.82. The molecule has 11 heteroatoms. The highest BCUT2D eigenvalue weighted by Crippen LogP contribution is 2.26. The number of nitrogens with one attached hydrogen (secondary N) is 2. The number of rotatable bonds is 13. The van der Waals surface area contributed by atoms with Crippen molar-refractivity contribution in [3.8, 4) is 0 Å². The fourth-order valence-electron chi connectivity index (χ4n) is 4.09. The zero-order valence-corrected chi connectivity index (χ0v) is 23.7. The van der Waals surface area contributed by atoms with Gasteiger partial charge in [-0.1, -0.05) is 48.5 Å². The minimum absolute atomic E-state index is 0.205. The van der Waals surface area contributed by atoms with Crippen LogP contribution in [0.25, 0.3) is 0 Å². The van der Waals surface area contributed by atoms with E-state index in [1.807, 2.05) is 0 Å². The molecule has 11 nitrogen and oxygen atoms in total. The number of aliphatic hydroxyl groups excluding tert-OH is 1. The van der Waals surface area contributed by atoms with E-state index in [1.165, 1.54) is 5.01 Å². The van der Waals surface area contributed by atoms with E-state index in [0.29, 0.717) is 5.56 Å². The predicted molar refractivity (Wildman–Crippen MR) is 151 cm³/mol. The minimum Gasteiger partial charge on any atom is -0.443 e. The molecule has 0 heterocycles. The number of carbonyl (C=O) groups is 4. The number of carbonyl (C=O) groups excluding carboxylic acids is 4. The van der Waals surface area contributed by atoms with Crippen LogP contribution in [0.5, 0.6) is 0 Å². The lowest BCUT2D eigenvalue weighted by molar-refractivity contribution is -0.132. The third-order valence-corrected chi connectivity index (χ3v) is 6.05. The van der Waals surface area contributed by atoms with Crippen LogP contribution in [0.15, 0.2) is 60.7 Å². The normalized spacial score (nSPS) is 14.6. The van der Waals surface area contributed by atoms with Gasteiger partial charge < -0.3 is 26.6 Å². The van der Waals surface area contributed by atoms with Crippen LogP contribution < -0.4 is 22.2 Å². The highest BCUT2D eigenvalue weighted by molar-refractivity contribution is 6.00. The second-order valence-corrected chi connectivity index (χ2v) is 10.9. The number of ketones is 1. The van der Waals surface area contributed by atoms with Gasteiger partial charge in [0, 0.05) is 24.2 Å². The summed E-state index contributed by atoms with van der Waals surface area (Å²) in [6, 6.07) is 14.2. The minimum atomic E-state index is -1.43. The number of hydrazine groups is 1. The summed E-state index contributed by atoms with van der Waals surface area (Å²) >= 11 is 0. The molecule has 2 aromatic carbocycles. The second kappa shape index (κ2) is 14.5. The summed E-state index contributed by atoms with van der Waals surface area (Å²) in [6.07, 6.45) is -2.65.